The van der Waals surface area contributed by atoms with Crippen LogP contribution in [0, 0.1) is 5.92 Å². The number of nitrogens with zero attached hydrogens (tertiary/aromatic N) is 2. The number of hydrogen-bond acceptors (Lipinski definition) is 2. The SMILES string of the molecule is CCC1CCCCN1C(=O)C(=O)N1CCC(Cc2ccccc2)CC1. The first-order valence-corrected chi connectivity index (χ1v) is 9.82. The van der Waals surface area contributed by atoms with Crippen LogP contribution in [0.15, 0.2) is 30.3 Å². The molecule has 4 nitrogen and oxygen atoms in total. The topological polar surface area (TPSA) is 40.6 Å². The number of amides is 2. The molecule has 2 amide bonds. The highest BCUT2D eigenvalue weighted by Crippen LogP contribution is 2.24. The van der Waals surface area contributed by atoms with Crippen molar-refractivity contribution in [1.29, 1.82) is 0 Å². The molecule has 0 aliphatic carbocycles. The number of carbonyl (C=O) groups excluding carboxylic acids is 2. The molecular formula is C21H30N2O2. The number of piperidine rings is 2. The molecule has 0 spiro atoms. The Morgan fingerprint density at radius 2 is 1.68 bits per heavy atom. The van der Waals surface area contributed by atoms with E-state index in [4.69, 9.17) is 0 Å². The summed E-state index contributed by atoms with van der Waals surface area (Å²) >= 11 is 0. The van der Waals surface area contributed by atoms with Gasteiger partial charge in [0.1, 0.15) is 0 Å². The van der Waals surface area contributed by atoms with E-state index in [1.54, 1.807) is 4.90 Å². The normalized spacial score (nSPS) is 22.0. The fraction of sp³-hybridized carbons (Fsp3) is 0.619. The number of benzene rings is 1. The van der Waals surface area contributed by atoms with Gasteiger partial charge in [-0.1, -0.05) is 37.3 Å². The lowest BCUT2D eigenvalue weighted by Crippen LogP contribution is -2.52. The maximum atomic E-state index is 12.7. The van der Waals surface area contributed by atoms with Crippen LogP contribution in [0.4, 0.5) is 0 Å². The van der Waals surface area contributed by atoms with Crippen LogP contribution in [0.1, 0.15) is 51.0 Å². The molecule has 25 heavy (non-hydrogen) atoms. The lowest BCUT2D eigenvalue weighted by molar-refractivity contribution is -0.154. The van der Waals surface area contributed by atoms with Gasteiger partial charge in [-0.05, 0) is 56.4 Å². The second-order valence-corrected chi connectivity index (χ2v) is 7.48. The van der Waals surface area contributed by atoms with Gasteiger partial charge in [0.25, 0.3) is 0 Å². The molecule has 2 fully saturated rings. The third-order valence-electron chi connectivity index (χ3n) is 5.81. The first-order chi connectivity index (χ1) is 12.2. The number of hydrogen-bond donors (Lipinski definition) is 0. The highest BCUT2D eigenvalue weighted by molar-refractivity contribution is 6.35. The molecule has 0 aromatic heterocycles. The van der Waals surface area contributed by atoms with Crippen molar-refractivity contribution in [3.05, 3.63) is 35.9 Å². The van der Waals surface area contributed by atoms with Crippen LogP contribution in [0.2, 0.25) is 0 Å². The van der Waals surface area contributed by atoms with E-state index in [9.17, 15) is 9.59 Å². The van der Waals surface area contributed by atoms with Crippen molar-refractivity contribution in [3.63, 3.8) is 0 Å². The van der Waals surface area contributed by atoms with Crippen LogP contribution in [0.3, 0.4) is 0 Å². The molecule has 0 bridgehead atoms. The molecule has 0 N–H and O–H groups in total. The van der Waals surface area contributed by atoms with Crippen LogP contribution >= 0.6 is 0 Å². The van der Waals surface area contributed by atoms with E-state index in [0.29, 0.717) is 19.0 Å². The van der Waals surface area contributed by atoms with E-state index in [1.807, 2.05) is 11.0 Å². The fourth-order valence-corrected chi connectivity index (χ4v) is 4.24. The Labute approximate surface area is 151 Å². The molecule has 0 saturated carbocycles. The van der Waals surface area contributed by atoms with Crippen LogP contribution in [0.25, 0.3) is 0 Å². The molecule has 136 valence electrons. The van der Waals surface area contributed by atoms with Gasteiger partial charge in [-0.3, -0.25) is 9.59 Å². The average molecular weight is 342 g/mol. The number of carbonyl (C=O) groups is 2. The van der Waals surface area contributed by atoms with E-state index in [-0.39, 0.29) is 17.9 Å². The van der Waals surface area contributed by atoms with E-state index in [2.05, 4.69) is 31.2 Å². The van der Waals surface area contributed by atoms with Gasteiger partial charge in [0.2, 0.25) is 0 Å². The summed E-state index contributed by atoms with van der Waals surface area (Å²) in [7, 11) is 0. The molecule has 3 rings (SSSR count). The highest BCUT2D eigenvalue weighted by atomic mass is 16.2. The summed E-state index contributed by atoms with van der Waals surface area (Å²) in [5, 5.41) is 0. The molecular weight excluding hydrogens is 312 g/mol. The first-order valence-electron chi connectivity index (χ1n) is 9.82. The summed E-state index contributed by atoms with van der Waals surface area (Å²) < 4.78 is 0. The largest absolute Gasteiger partial charge is 0.334 e. The van der Waals surface area contributed by atoms with E-state index < -0.39 is 0 Å². The Morgan fingerprint density at radius 3 is 2.36 bits per heavy atom. The van der Waals surface area contributed by atoms with Gasteiger partial charge in [-0.15, -0.1) is 0 Å². The molecule has 2 heterocycles. The molecule has 1 unspecified atom stereocenters. The fourth-order valence-electron chi connectivity index (χ4n) is 4.24. The zero-order chi connectivity index (χ0) is 17.6. The third kappa shape index (κ3) is 4.42. The Bertz CT molecular complexity index is 579. The second kappa shape index (κ2) is 8.50. The zero-order valence-corrected chi connectivity index (χ0v) is 15.3. The van der Waals surface area contributed by atoms with Crippen molar-refractivity contribution in [1.82, 2.24) is 9.80 Å². The summed E-state index contributed by atoms with van der Waals surface area (Å²) in [6, 6.07) is 10.8. The average Bonchev–Trinajstić information content (AvgIpc) is 2.68. The number of likely N-dealkylation sites (tertiary alicyclic amines) is 2. The Balaban J connectivity index is 1.51. The van der Waals surface area contributed by atoms with Gasteiger partial charge in [-0.2, -0.15) is 0 Å². The Kier molecular flexibility index (Phi) is 6.11. The highest BCUT2D eigenvalue weighted by Gasteiger charge is 2.33. The van der Waals surface area contributed by atoms with Crippen molar-refractivity contribution in [2.75, 3.05) is 19.6 Å². The molecule has 2 aliphatic heterocycles. The van der Waals surface area contributed by atoms with Gasteiger partial charge in [0, 0.05) is 25.7 Å². The first kappa shape index (κ1) is 18.0. The summed E-state index contributed by atoms with van der Waals surface area (Å²) in [6.07, 6.45) is 7.22. The molecule has 1 atom stereocenters. The van der Waals surface area contributed by atoms with Gasteiger partial charge in [-0.25, -0.2) is 0 Å². The molecule has 1 aromatic rings. The van der Waals surface area contributed by atoms with E-state index in [1.165, 1.54) is 12.0 Å². The Hall–Kier alpha value is -1.84. The minimum atomic E-state index is -0.279. The monoisotopic (exact) mass is 342 g/mol. The quantitative estimate of drug-likeness (QED) is 0.791. The van der Waals surface area contributed by atoms with Gasteiger partial charge in [0.05, 0.1) is 0 Å². The van der Waals surface area contributed by atoms with Crippen molar-refractivity contribution in [2.24, 2.45) is 5.92 Å². The van der Waals surface area contributed by atoms with Gasteiger partial charge >= 0.3 is 11.8 Å². The van der Waals surface area contributed by atoms with Crippen LogP contribution < -0.4 is 0 Å². The summed E-state index contributed by atoms with van der Waals surface area (Å²) in [5.74, 6) is 0.0616. The Morgan fingerprint density at radius 1 is 0.960 bits per heavy atom. The predicted molar refractivity (Wildman–Crippen MR) is 99.1 cm³/mol. The van der Waals surface area contributed by atoms with Crippen LogP contribution in [-0.2, 0) is 16.0 Å². The standard InChI is InChI=1S/C21H30N2O2/c1-2-19-10-6-7-13-23(19)21(25)20(24)22-14-11-18(12-15-22)16-17-8-4-3-5-9-17/h3-5,8-9,18-19H,2,6-7,10-16H2,1H3. The minimum absolute atomic E-state index is 0.251. The van der Waals surface area contributed by atoms with Crippen LogP contribution in [-0.4, -0.2) is 47.3 Å². The maximum absolute atomic E-state index is 12.7. The molecule has 2 saturated heterocycles. The molecule has 1 aromatic carbocycles. The van der Waals surface area contributed by atoms with Crippen molar-refractivity contribution in [3.8, 4) is 0 Å². The van der Waals surface area contributed by atoms with Crippen molar-refractivity contribution < 1.29 is 9.59 Å². The minimum Gasteiger partial charge on any atom is -0.334 e. The van der Waals surface area contributed by atoms with Gasteiger partial charge < -0.3 is 9.80 Å². The second-order valence-electron chi connectivity index (χ2n) is 7.48. The predicted octanol–water partition coefficient (Wildman–Crippen LogP) is 3.26. The molecule has 4 heteroatoms. The lowest BCUT2D eigenvalue weighted by Gasteiger charge is -2.37. The lowest BCUT2D eigenvalue weighted by atomic mass is 9.90. The van der Waals surface area contributed by atoms with Crippen LogP contribution in [0.5, 0.6) is 0 Å². The summed E-state index contributed by atoms with van der Waals surface area (Å²) in [5.41, 5.74) is 1.36. The van der Waals surface area contributed by atoms with E-state index >= 15 is 0 Å². The zero-order valence-electron chi connectivity index (χ0n) is 15.3. The smallest absolute Gasteiger partial charge is 0.312 e. The van der Waals surface area contributed by atoms with E-state index in [0.717, 1.165) is 45.1 Å². The van der Waals surface area contributed by atoms with Gasteiger partial charge in [0.15, 0.2) is 0 Å². The third-order valence-corrected chi connectivity index (χ3v) is 5.81. The molecule has 0 radical (unpaired) electrons. The number of rotatable bonds is 3. The van der Waals surface area contributed by atoms with Crippen molar-refractivity contribution in [2.45, 2.75) is 57.9 Å². The maximum Gasteiger partial charge on any atom is 0.312 e. The summed E-state index contributed by atoms with van der Waals surface area (Å²) in [4.78, 5) is 29.0. The molecule has 2 aliphatic rings. The summed E-state index contributed by atoms with van der Waals surface area (Å²) in [6.45, 7) is 4.28. The van der Waals surface area contributed by atoms with Crippen molar-refractivity contribution >= 4 is 11.8 Å².